The van der Waals surface area contributed by atoms with Gasteiger partial charge in [0.1, 0.15) is 189 Å². The number of rotatable bonds is 24. The maximum absolute atomic E-state index is 13.0. The van der Waals surface area contributed by atoms with Gasteiger partial charge in [-0.25, -0.2) is 0 Å². The van der Waals surface area contributed by atoms with E-state index >= 15 is 0 Å². The first-order valence-electron chi connectivity index (χ1n) is 31.0. The molecule has 8 aliphatic rings. The summed E-state index contributed by atoms with van der Waals surface area (Å²) in [5, 5.41) is 248. The van der Waals surface area contributed by atoms with Crippen molar-refractivity contribution in [3.8, 4) is 0 Å². The lowest BCUT2D eigenvalue weighted by Gasteiger charge is -2.52. The van der Waals surface area contributed by atoms with Crippen molar-refractivity contribution in [1.82, 2.24) is 16.0 Å². The van der Waals surface area contributed by atoms with Gasteiger partial charge in [-0.15, -0.1) is 0 Å². The monoisotopic (exact) mass is 1420 g/mol. The van der Waals surface area contributed by atoms with Gasteiger partial charge in [0.25, 0.3) is 0 Å². The van der Waals surface area contributed by atoms with E-state index in [1.165, 1.54) is 6.92 Å². The van der Waals surface area contributed by atoms with E-state index < -0.39 is 309 Å². The lowest BCUT2D eigenvalue weighted by molar-refractivity contribution is -0.402. The fraction of sp³-hybridized carbons (Fsp3) is 0.944. The van der Waals surface area contributed by atoms with Crippen LogP contribution in [0.15, 0.2) is 0 Å². The highest BCUT2D eigenvalue weighted by atomic mass is 16.8. The minimum atomic E-state index is -2.34. The first-order chi connectivity index (χ1) is 45.9. The highest BCUT2D eigenvalue weighted by Crippen LogP contribution is 2.40. The van der Waals surface area contributed by atoms with Crippen molar-refractivity contribution < 1.29 is 198 Å². The van der Waals surface area contributed by atoms with Crippen LogP contribution >= 0.6 is 0 Å². The van der Waals surface area contributed by atoms with Gasteiger partial charge in [-0.3, -0.25) is 14.4 Å². The molecule has 0 aromatic heterocycles. The first-order valence-corrected chi connectivity index (χ1v) is 31.0. The summed E-state index contributed by atoms with van der Waals surface area (Å²) in [6.07, 6.45) is -73.2. The Morgan fingerprint density at radius 3 is 0.979 bits per heavy atom. The molecule has 0 unspecified atom stereocenters. The third-order valence-corrected chi connectivity index (χ3v) is 17.8. The van der Waals surface area contributed by atoms with Gasteiger partial charge < -0.3 is 199 Å². The molecule has 43 nitrogen and oxygen atoms in total. The molecule has 0 aromatic rings. The summed E-state index contributed by atoms with van der Waals surface area (Å²) in [4.78, 5) is 38.2. The summed E-state index contributed by atoms with van der Waals surface area (Å²) in [5.74, 6) is -2.67. The highest BCUT2D eigenvalue weighted by molar-refractivity contribution is 5.74. The number of ether oxygens (including phenoxy) is 15. The molecule has 3 amide bonds. The summed E-state index contributed by atoms with van der Waals surface area (Å²) in [7, 11) is 0. The predicted octanol–water partition coefficient (Wildman–Crippen LogP) is -17.0. The van der Waals surface area contributed by atoms with Crippen molar-refractivity contribution in [1.29, 1.82) is 0 Å². The molecule has 562 valence electrons. The SMILES string of the molecule is CC(=O)N[C@H]1[C@H](O[C@H]2[C@@H](O)[C@@H](CO)O[C@@H](O[C@H]3[C@H](O)[C@@H](O)[C@H](O)O[C@@H]3CO)[C@@H]2O)O[C@H](CO)[C@@H](O[C@@H]2O[C@H](CO)[C@H](O)[C@H](O[C@H]3O[C@H](CO)[C@@H](O[C@@H]4O[C@H](CO)[C@H](O)[C@H](O[C@H]5O[C@H](CO)[C@H](O)[C@H](O)[C@H]5NC(C)=O)[C@H]4O[C@@H]4O[C@@H](C)[C@@H](O)[C@@H](O)[C@@H]4O)[C@H](O)[C@H]3NC(C)=O)[C@H]2O)[C@@H]1O. The molecule has 8 aliphatic heterocycles. The van der Waals surface area contributed by atoms with E-state index in [1.807, 2.05) is 0 Å². The molecule has 0 aliphatic carbocycles. The third kappa shape index (κ3) is 17.3. The van der Waals surface area contributed by atoms with Crippen LogP contribution in [0, 0.1) is 0 Å². The zero-order valence-corrected chi connectivity index (χ0v) is 52.2. The second-order valence-corrected chi connectivity index (χ2v) is 24.6. The van der Waals surface area contributed by atoms with Crippen molar-refractivity contribution in [2.24, 2.45) is 0 Å². The minimum absolute atomic E-state index is 0.820. The van der Waals surface area contributed by atoms with Crippen LogP contribution in [-0.4, -0.2) is 422 Å². The minimum Gasteiger partial charge on any atom is -0.394 e. The first kappa shape index (κ1) is 79.6. The standard InChI is InChI=1S/C54H91N3O40/c1-12-26(68)34(76)37(79)51(83-12)97-46-45(96-48-23(55-13(2)65)31(73)27(69)16(5-58)85-48)30(72)19(8-61)88-54(46)93-41-22(11-64)90-50(25(33(41)75)57-15(4)67)94-43-28(70)17(6-59)86-52(38(43)80)91-40-21(10-63)89-49(24(32(40)74)56-14(3)66)95-44-29(71)18(7-60)87-53(39(44)81)92-42-20(9-62)84-47(82)36(78)35(42)77/h12,16-54,58-64,68-82H,5-11H2,1-4H3,(H,55,65)(H,56,66)(H,57,67)/t12-,16+,17+,18+,19+,20+,21+,22+,23+,24+,25+,26+,27-,28-,29-,30-,31+,32+,33+,34+,35+,36+,37-,38+,39+,40+,41+,42+,43-,44-,45-,46+,47+,48+,49-,50+,51-,52-,53-,54-/m0/s1. The van der Waals surface area contributed by atoms with Gasteiger partial charge in [0.2, 0.25) is 17.7 Å². The molecule has 0 aromatic carbocycles. The molecule has 40 atom stereocenters. The topological polar surface area (TPSA) is 671 Å². The molecule has 0 bridgehead atoms. The van der Waals surface area contributed by atoms with Crippen LogP contribution in [0.5, 0.6) is 0 Å². The summed E-state index contributed by atoms with van der Waals surface area (Å²) < 4.78 is 88.0. The van der Waals surface area contributed by atoms with Gasteiger partial charge in [-0.1, -0.05) is 0 Å². The second kappa shape index (κ2) is 34.5. The lowest BCUT2D eigenvalue weighted by atomic mass is 9.93. The summed E-state index contributed by atoms with van der Waals surface area (Å²) in [6, 6.07) is -5.54. The van der Waals surface area contributed by atoms with E-state index in [9.17, 15) is 127 Å². The molecule has 25 N–H and O–H groups in total. The summed E-state index contributed by atoms with van der Waals surface area (Å²) >= 11 is 0. The smallest absolute Gasteiger partial charge is 0.217 e. The number of aliphatic hydroxyl groups is 22. The second-order valence-electron chi connectivity index (χ2n) is 24.6. The van der Waals surface area contributed by atoms with Gasteiger partial charge in [0, 0.05) is 20.8 Å². The van der Waals surface area contributed by atoms with E-state index in [0.29, 0.717) is 0 Å². The highest BCUT2D eigenvalue weighted by Gasteiger charge is 2.61. The Kier molecular flexibility index (Phi) is 28.3. The van der Waals surface area contributed by atoms with Crippen LogP contribution < -0.4 is 16.0 Å². The number of carbonyl (C=O) groups is 3. The van der Waals surface area contributed by atoms with E-state index in [1.54, 1.807) is 0 Å². The average molecular weight is 1420 g/mol. The van der Waals surface area contributed by atoms with Crippen molar-refractivity contribution in [2.75, 3.05) is 46.2 Å². The molecule has 0 saturated carbocycles. The van der Waals surface area contributed by atoms with Gasteiger partial charge >= 0.3 is 0 Å². The van der Waals surface area contributed by atoms with Crippen LogP contribution in [0.1, 0.15) is 27.7 Å². The molecule has 8 rings (SSSR count). The van der Waals surface area contributed by atoms with E-state index in [0.717, 1.165) is 20.8 Å². The summed E-state index contributed by atoms with van der Waals surface area (Å²) in [5.41, 5.74) is 0. The number of amides is 3. The van der Waals surface area contributed by atoms with Gasteiger partial charge in [-0.05, 0) is 6.92 Å². The van der Waals surface area contributed by atoms with Gasteiger partial charge in [-0.2, -0.15) is 0 Å². The van der Waals surface area contributed by atoms with Crippen LogP contribution in [0.2, 0.25) is 0 Å². The zero-order chi connectivity index (χ0) is 71.5. The maximum Gasteiger partial charge on any atom is 0.217 e. The Morgan fingerprint density at radius 1 is 0.268 bits per heavy atom. The molecular formula is C54H91N3O40. The largest absolute Gasteiger partial charge is 0.394 e. The molecule has 8 fully saturated rings. The van der Waals surface area contributed by atoms with Gasteiger partial charge in [0.05, 0.1) is 52.4 Å². The number of carbonyl (C=O) groups excluding carboxylic acids is 3. The lowest BCUT2D eigenvalue weighted by Crippen LogP contribution is -2.71. The Morgan fingerprint density at radius 2 is 0.567 bits per heavy atom. The molecule has 0 radical (unpaired) electrons. The van der Waals surface area contributed by atoms with Crippen molar-refractivity contribution in [2.45, 2.75) is 273 Å². The molecule has 97 heavy (non-hydrogen) atoms. The molecule has 8 heterocycles. The Hall–Kier alpha value is -3.07. The normalized spacial score (nSPS) is 49.9. The third-order valence-electron chi connectivity index (χ3n) is 17.8. The van der Waals surface area contributed by atoms with E-state index in [4.69, 9.17) is 71.1 Å². The number of hydrogen-bond donors (Lipinski definition) is 25. The van der Waals surface area contributed by atoms with Crippen LogP contribution in [-0.2, 0) is 85.4 Å². The van der Waals surface area contributed by atoms with E-state index in [-0.39, 0.29) is 0 Å². The number of aliphatic hydroxyl groups excluding tert-OH is 22. The van der Waals surface area contributed by atoms with Crippen LogP contribution in [0.4, 0.5) is 0 Å². The van der Waals surface area contributed by atoms with Crippen LogP contribution in [0.3, 0.4) is 0 Å². The van der Waals surface area contributed by atoms with Crippen molar-refractivity contribution in [3.05, 3.63) is 0 Å². The fourth-order valence-corrected chi connectivity index (χ4v) is 12.6. The average Bonchev–Trinajstić information content (AvgIpc) is 0.770. The Bertz CT molecular complexity index is 2490. The van der Waals surface area contributed by atoms with Crippen molar-refractivity contribution >= 4 is 17.7 Å². The quantitative estimate of drug-likeness (QED) is 0.0427. The zero-order valence-electron chi connectivity index (χ0n) is 52.2. The van der Waals surface area contributed by atoms with E-state index in [2.05, 4.69) is 16.0 Å². The Labute approximate surface area is 549 Å². The predicted molar refractivity (Wildman–Crippen MR) is 298 cm³/mol. The number of hydrogen-bond acceptors (Lipinski definition) is 40. The number of nitrogens with one attached hydrogen (secondary N) is 3. The Balaban J connectivity index is 1.04. The summed E-state index contributed by atoms with van der Waals surface area (Å²) in [6.45, 7) is -3.23. The molecule has 8 saturated heterocycles. The fourth-order valence-electron chi connectivity index (χ4n) is 12.6. The van der Waals surface area contributed by atoms with Crippen LogP contribution in [0.25, 0.3) is 0 Å². The molecule has 0 spiro atoms. The molecular weight excluding hydrogens is 1330 g/mol. The maximum atomic E-state index is 13.0. The molecule has 43 heteroatoms. The van der Waals surface area contributed by atoms with Gasteiger partial charge in [0.15, 0.2) is 50.3 Å². The van der Waals surface area contributed by atoms with Crippen molar-refractivity contribution in [3.63, 3.8) is 0 Å².